The molecule has 1 saturated carbocycles. The molecule has 94 valence electrons. The predicted octanol–water partition coefficient (Wildman–Crippen LogP) is 3.96. The maximum absolute atomic E-state index is 4.55. The first-order valence-electron chi connectivity index (χ1n) is 6.33. The van der Waals surface area contributed by atoms with Crippen molar-refractivity contribution in [3.63, 3.8) is 0 Å². The standard InChI is InChI=1S/C13H20BrN3/c1-4-13(5-6-13)8-15-11-7-10(14)16-12(17-11)9(2)3/h7,9H,4-6,8H2,1-3H3,(H,15,16,17). The van der Waals surface area contributed by atoms with Gasteiger partial charge in [0.15, 0.2) is 0 Å². The van der Waals surface area contributed by atoms with Gasteiger partial charge in [0.2, 0.25) is 0 Å². The Bertz CT molecular complexity index is 400. The molecule has 1 aliphatic carbocycles. The van der Waals surface area contributed by atoms with Crippen molar-refractivity contribution in [1.29, 1.82) is 0 Å². The second kappa shape index (κ2) is 4.92. The molecule has 0 saturated heterocycles. The number of nitrogens with one attached hydrogen (secondary N) is 1. The largest absolute Gasteiger partial charge is 0.369 e. The van der Waals surface area contributed by atoms with E-state index in [0.717, 1.165) is 22.8 Å². The lowest BCUT2D eigenvalue weighted by Gasteiger charge is -2.15. The van der Waals surface area contributed by atoms with Gasteiger partial charge < -0.3 is 5.32 Å². The van der Waals surface area contributed by atoms with E-state index in [1.165, 1.54) is 19.3 Å². The smallest absolute Gasteiger partial charge is 0.134 e. The lowest BCUT2D eigenvalue weighted by molar-refractivity contribution is 0.520. The van der Waals surface area contributed by atoms with Crippen molar-refractivity contribution in [2.75, 3.05) is 11.9 Å². The van der Waals surface area contributed by atoms with Gasteiger partial charge in [0.25, 0.3) is 0 Å². The van der Waals surface area contributed by atoms with E-state index in [1.54, 1.807) is 0 Å². The summed E-state index contributed by atoms with van der Waals surface area (Å²) in [5, 5.41) is 3.45. The van der Waals surface area contributed by atoms with Crippen molar-refractivity contribution < 1.29 is 0 Å². The van der Waals surface area contributed by atoms with E-state index >= 15 is 0 Å². The third-order valence-corrected chi connectivity index (χ3v) is 3.99. The molecule has 0 atom stereocenters. The Balaban J connectivity index is 2.05. The maximum atomic E-state index is 4.55. The van der Waals surface area contributed by atoms with Gasteiger partial charge in [-0.15, -0.1) is 0 Å². The van der Waals surface area contributed by atoms with Crippen LogP contribution in [0.1, 0.15) is 51.8 Å². The minimum atomic E-state index is 0.356. The Morgan fingerprint density at radius 2 is 2.12 bits per heavy atom. The second-order valence-corrected chi connectivity index (χ2v) is 6.11. The first-order chi connectivity index (χ1) is 8.04. The van der Waals surface area contributed by atoms with E-state index < -0.39 is 0 Å². The molecule has 0 unspecified atom stereocenters. The summed E-state index contributed by atoms with van der Waals surface area (Å²) in [6, 6.07) is 1.96. The molecular formula is C13H20BrN3. The molecule has 0 aliphatic heterocycles. The van der Waals surface area contributed by atoms with Crippen LogP contribution in [0.4, 0.5) is 5.82 Å². The minimum Gasteiger partial charge on any atom is -0.369 e. The summed E-state index contributed by atoms with van der Waals surface area (Å²) in [6.45, 7) is 7.52. The van der Waals surface area contributed by atoms with E-state index in [-0.39, 0.29) is 0 Å². The summed E-state index contributed by atoms with van der Waals surface area (Å²) in [5.74, 6) is 2.19. The molecule has 0 amide bonds. The maximum Gasteiger partial charge on any atom is 0.134 e. The molecule has 0 aromatic carbocycles. The van der Waals surface area contributed by atoms with Crippen LogP contribution < -0.4 is 5.32 Å². The monoisotopic (exact) mass is 297 g/mol. The Kier molecular flexibility index (Phi) is 3.71. The van der Waals surface area contributed by atoms with E-state index in [9.17, 15) is 0 Å². The van der Waals surface area contributed by atoms with Crippen LogP contribution in [0.25, 0.3) is 0 Å². The topological polar surface area (TPSA) is 37.8 Å². The fourth-order valence-electron chi connectivity index (χ4n) is 1.89. The third-order valence-electron chi connectivity index (χ3n) is 3.58. The highest BCUT2D eigenvalue weighted by molar-refractivity contribution is 9.10. The van der Waals surface area contributed by atoms with Gasteiger partial charge in [-0.2, -0.15) is 0 Å². The molecule has 1 aliphatic rings. The van der Waals surface area contributed by atoms with Gasteiger partial charge in [-0.3, -0.25) is 0 Å². The number of hydrogen-bond donors (Lipinski definition) is 1. The van der Waals surface area contributed by atoms with E-state index in [1.807, 2.05) is 6.07 Å². The van der Waals surface area contributed by atoms with Crippen LogP contribution in [0.15, 0.2) is 10.7 Å². The van der Waals surface area contributed by atoms with Crippen LogP contribution in [0.2, 0.25) is 0 Å². The zero-order valence-corrected chi connectivity index (χ0v) is 12.3. The van der Waals surface area contributed by atoms with Crippen LogP contribution in [-0.4, -0.2) is 16.5 Å². The lowest BCUT2D eigenvalue weighted by atomic mass is 10.0. The van der Waals surface area contributed by atoms with Crippen LogP contribution in [0.3, 0.4) is 0 Å². The normalized spacial score (nSPS) is 17.2. The van der Waals surface area contributed by atoms with Gasteiger partial charge in [0.1, 0.15) is 16.2 Å². The van der Waals surface area contributed by atoms with Gasteiger partial charge >= 0.3 is 0 Å². The fourth-order valence-corrected chi connectivity index (χ4v) is 2.29. The molecule has 0 radical (unpaired) electrons. The number of hydrogen-bond acceptors (Lipinski definition) is 3. The first-order valence-corrected chi connectivity index (χ1v) is 7.12. The Morgan fingerprint density at radius 3 is 2.65 bits per heavy atom. The first kappa shape index (κ1) is 12.8. The van der Waals surface area contributed by atoms with Crippen molar-refractivity contribution in [3.05, 3.63) is 16.5 Å². The number of aromatic nitrogens is 2. The SMILES string of the molecule is CCC1(CNc2cc(Br)nc(C(C)C)n2)CC1. The highest BCUT2D eigenvalue weighted by Crippen LogP contribution is 2.48. The van der Waals surface area contributed by atoms with Gasteiger partial charge in [0.05, 0.1) is 0 Å². The average molecular weight is 298 g/mol. The highest BCUT2D eigenvalue weighted by Gasteiger charge is 2.40. The number of nitrogens with zero attached hydrogens (tertiary/aromatic N) is 2. The van der Waals surface area contributed by atoms with Crippen LogP contribution in [0.5, 0.6) is 0 Å². The zero-order valence-electron chi connectivity index (χ0n) is 10.8. The van der Waals surface area contributed by atoms with Crippen molar-refractivity contribution in [2.45, 2.75) is 46.0 Å². The molecule has 1 heterocycles. The molecule has 17 heavy (non-hydrogen) atoms. The molecular weight excluding hydrogens is 278 g/mol. The summed E-state index contributed by atoms with van der Waals surface area (Å²) in [7, 11) is 0. The Hall–Kier alpha value is -0.640. The third kappa shape index (κ3) is 3.18. The van der Waals surface area contributed by atoms with E-state index in [4.69, 9.17) is 0 Å². The molecule has 3 nitrogen and oxygen atoms in total. The molecule has 1 aromatic rings. The number of rotatable bonds is 5. The minimum absolute atomic E-state index is 0.356. The summed E-state index contributed by atoms with van der Waals surface area (Å²) in [5.41, 5.74) is 0.537. The van der Waals surface area contributed by atoms with E-state index in [2.05, 4.69) is 52.0 Å². The molecule has 0 spiro atoms. The van der Waals surface area contributed by atoms with Gasteiger partial charge in [-0.1, -0.05) is 20.8 Å². The molecule has 4 heteroatoms. The van der Waals surface area contributed by atoms with Gasteiger partial charge in [-0.05, 0) is 40.6 Å². The van der Waals surface area contributed by atoms with E-state index in [0.29, 0.717) is 11.3 Å². The summed E-state index contributed by atoms with van der Waals surface area (Å²) in [6.07, 6.45) is 3.95. The van der Waals surface area contributed by atoms with Gasteiger partial charge in [-0.25, -0.2) is 9.97 Å². The molecule has 1 fully saturated rings. The van der Waals surface area contributed by atoms with Crippen LogP contribution in [-0.2, 0) is 0 Å². The quantitative estimate of drug-likeness (QED) is 0.836. The summed E-state index contributed by atoms with van der Waals surface area (Å²) < 4.78 is 0.861. The van der Waals surface area contributed by atoms with Crippen LogP contribution >= 0.6 is 15.9 Å². The number of anilines is 1. The molecule has 0 bridgehead atoms. The van der Waals surface area contributed by atoms with Crippen molar-refractivity contribution in [2.24, 2.45) is 5.41 Å². The zero-order chi connectivity index (χ0) is 12.5. The van der Waals surface area contributed by atoms with Crippen LogP contribution in [0, 0.1) is 5.41 Å². The average Bonchev–Trinajstić information content (AvgIpc) is 3.06. The van der Waals surface area contributed by atoms with Crippen molar-refractivity contribution in [3.8, 4) is 0 Å². The Morgan fingerprint density at radius 1 is 1.41 bits per heavy atom. The lowest BCUT2D eigenvalue weighted by Crippen LogP contribution is -2.16. The summed E-state index contributed by atoms with van der Waals surface area (Å²) >= 11 is 3.44. The van der Waals surface area contributed by atoms with Crippen molar-refractivity contribution in [1.82, 2.24) is 9.97 Å². The molecule has 1 aromatic heterocycles. The second-order valence-electron chi connectivity index (χ2n) is 5.30. The molecule has 1 N–H and O–H groups in total. The fraction of sp³-hybridized carbons (Fsp3) is 0.692. The number of halogens is 1. The molecule has 2 rings (SSSR count). The Labute approximate surface area is 112 Å². The van der Waals surface area contributed by atoms with Gasteiger partial charge in [0, 0.05) is 18.5 Å². The summed E-state index contributed by atoms with van der Waals surface area (Å²) in [4.78, 5) is 8.93. The predicted molar refractivity (Wildman–Crippen MR) is 74.3 cm³/mol. The highest BCUT2D eigenvalue weighted by atomic mass is 79.9. The van der Waals surface area contributed by atoms with Crippen molar-refractivity contribution >= 4 is 21.7 Å².